The molecule has 0 saturated carbocycles. The zero-order chi connectivity index (χ0) is 13.2. The largest absolute Gasteiger partial charge is 0.298 e. The van der Waals surface area contributed by atoms with Crippen molar-refractivity contribution < 1.29 is 8.42 Å². The van der Waals surface area contributed by atoms with E-state index in [-0.39, 0.29) is 11.5 Å². The van der Waals surface area contributed by atoms with Crippen molar-refractivity contribution in [1.29, 1.82) is 0 Å². The fraction of sp³-hybridized carbons (Fsp3) is 0.545. The average Bonchev–Trinajstić information content (AvgIpc) is 2.44. The topological polar surface area (TPSA) is 50.3 Å². The Hall–Kier alpha value is -0.360. The third kappa shape index (κ3) is 3.82. The standard InChI is InChI=1S/C11H14Cl2N2O2S/c12-10-3-2-9(11(13)14-10)8-15-4-1-6-18(16,17)7-5-15/h2-3H,1,4-8H2. The number of hydrogen-bond acceptors (Lipinski definition) is 4. The minimum Gasteiger partial charge on any atom is -0.298 e. The molecule has 0 atom stereocenters. The number of sulfone groups is 1. The van der Waals surface area contributed by atoms with Crippen LogP contribution in [-0.2, 0) is 16.4 Å². The second-order valence-electron chi connectivity index (χ2n) is 4.37. The van der Waals surface area contributed by atoms with Crippen molar-refractivity contribution >= 4 is 33.0 Å². The fourth-order valence-electron chi connectivity index (χ4n) is 1.95. The first kappa shape index (κ1) is 14.1. The van der Waals surface area contributed by atoms with Gasteiger partial charge < -0.3 is 0 Å². The van der Waals surface area contributed by atoms with Gasteiger partial charge in [0.05, 0.1) is 11.5 Å². The number of halogens is 2. The van der Waals surface area contributed by atoms with Crippen LogP contribution < -0.4 is 0 Å². The molecule has 2 heterocycles. The third-order valence-corrected chi connectivity index (χ3v) is 5.19. The van der Waals surface area contributed by atoms with Crippen LogP contribution in [0.15, 0.2) is 12.1 Å². The molecule has 0 aliphatic carbocycles. The van der Waals surface area contributed by atoms with Crippen molar-refractivity contribution in [3.05, 3.63) is 28.0 Å². The van der Waals surface area contributed by atoms with Crippen LogP contribution in [0, 0.1) is 0 Å². The van der Waals surface area contributed by atoms with E-state index in [1.807, 2.05) is 6.07 Å². The lowest BCUT2D eigenvalue weighted by atomic mass is 10.2. The summed E-state index contributed by atoms with van der Waals surface area (Å²) in [5.74, 6) is 0.488. The first-order chi connectivity index (χ1) is 8.46. The van der Waals surface area contributed by atoms with E-state index < -0.39 is 9.84 Å². The maximum Gasteiger partial charge on any atom is 0.151 e. The van der Waals surface area contributed by atoms with E-state index in [0.717, 1.165) is 12.1 Å². The highest BCUT2D eigenvalue weighted by Crippen LogP contribution is 2.19. The molecule has 2 rings (SSSR count). The quantitative estimate of drug-likeness (QED) is 0.784. The molecule has 0 amide bonds. The normalized spacial score (nSPS) is 20.6. The van der Waals surface area contributed by atoms with Crippen molar-refractivity contribution in [3.8, 4) is 0 Å². The maximum atomic E-state index is 11.5. The smallest absolute Gasteiger partial charge is 0.151 e. The Labute approximate surface area is 117 Å². The van der Waals surface area contributed by atoms with Crippen molar-refractivity contribution in [2.24, 2.45) is 0 Å². The molecule has 18 heavy (non-hydrogen) atoms. The molecule has 0 radical (unpaired) electrons. The van der Waals surface area contributed by atoms with Gasteiger partial charge in [-0.15, -0.1) is 0 Å². The molecule has 1 aliphatic heterocycles. The highest BCUT2D eigenvalue weighted by Gasteiger charge is 2.19. The monoisotopic (exact) mass is 308 g/mol. The van der Waals surface area contributed by atoms with Crippen molar-refractivity contribution in [3.63, 3.8) is 0 Å². The van der Waals surface area contributed by atoms with Gasteiger partial charge in [0.1, 0.15) is 10.3 Å². The van der Waals surface area contributed by atoms with Crippen LogP contribution in [0.5, 0.6) is 0 Å². The first-order valence-electron chi connectivity index (χ1n) is 5.70. The maximum absolute atomic E-state index is 11.5. The molecule has 0 unspecified atom stereocenters. The summed E-state index contributed by atoms with van der Waals surface area (Å²) in [4.78, 5) is 6.06. The van der Waals surface area contributed by atoms with Crippen LogP contribution in [0.25, 0.3) is 0 Å². The lowest BCUT2D eigenvalue weighted by Crippen LogP contribution is -2.26. The van der Waals surface area contributed by atoms with Crippen LogP contribution in [0.2, 0.25) is 10.3 Å². The number of nitrogens with zero attached hydrogens (tertiary/aromatic N) is 2. The minimum atomic E-state index is -2.87. The highest BCUT2D eigenvalue weighted by atomic mass is 35.5. The Morgan fingerprint density at radius 2 is 2.00 bits per heavy atom. The number of pyridine rings is 1. The van der Waals surface area contributed by atoms with Crippen molar-refractivity contribution in [2.45, 2.75) is 13.0 Å². The summed E-state index contributed by atoms with van der Waals surface area (Å²) in [6.45, 7) is 1.91. The van der Waals surface area contributed by atoms with E-state index in [0.29, 0.717) is 29.8 Å². The zero-order valence-corrected chi connectivity index (χ0v) is 12.1. The van der Waals surface area contributed by atoms with E-state index in [1.54, 1.807) is 6.07 Å². The lowest BCUT2D eigenvalue weighted by Gasteiger charge is -2.19. The first-order valence-corrected chi connectivity index (χ1v) is 8.28. The fourth-order valence-corrected chi connectivity index (χ4v) is 3.66. The third-order valence-electron chi connectivity index (χ3n) is 2.93. The molecular weight excluding hydrogens is 295 g/mol. The van der Waals surface area contributed by atoms with E-state index >= 15 is 0 Å². The molecule has 0 spiro atoms. The van der Waals surface area contributed by atoms with E-state index in [1.165, 1.54) is 0 Å². The molecule has 100 valence electrons. The van der Waals surface area contributed by atoms with E-state index in [4.69, 9.17) is 23.2 Å². The number of aromatic nitrogens is 1. The summed E-state index contributed by atoms with van der Waals surface area (Å²) in [7, 11) is -2.87. The average molecular weight is 309 g/mol. The molecule has 1 saturated heterocycles. The lowest BCUT2D eigenvalue weighted by molar-refractivity contribution is 0.287. The molecule has 0 N–H and O–H groups in total. The minimum absolute atomic E-state index is 0.214. The summed E-state index contributed by atoms with van der Waals surface area (Å²) < 4.78 is 23.0. The molecule has 1 fully saturated rings. The predicted octanol–water partition coefficient (Wildman–Crippen LogP) is 2.01. The highest BCUT2D eigenvalue weighted by molar-refractivity contribution is 7.91. The van der Waals surface area contributed by atoms with E-state index in [9.17, 15) is 8.42 Å². The van der Waals surface area contributed by atoms with Crippen LogP contribution >= 0.6 is 23.2 Å². The van der Waals surface area contributed by atoms with E-state index in [2.05, 4.69) is 9.88 Å². The second-order valence-corrected chi connectivity index (χ2v) is 7.41. The predicted molar refractivity (Wildman–Crippen MR) is 72.8 cm³/mol. The van der Waals surface area contributed by atoms with Crippen LogP contribution in [0.4, 0.5) is 0 Å². The Morgan fingerprint density at radius 1 is 1.22 bits per heavy atom. The molecular formula is C11H14Cl2N2O2S. The molecule has 0 bridgehead atoms. The Morgan fingerprint density at radius 3 is 2.72 bits per heavy atom. The number of rotatable bonds is 2. The van der Waals surface area contributed by atoms with Crippen LogP contribution in [-0.4, -0.2) is 42.9 Å². The molecule has 1 aromatic rings. The Balaban J connectivity index is 2.05. The van der Waals surface area contributed by atoms with Gasteiger partial charge in [0.15, 0.2) is 9.84 Å². The summed E-state index contributed by atoms with van der Waals surface area (Å²) in [5.41, 5.74) is 0.875. The molecule has 4 nitrogen and oxygen atoms in total. The molecule has 1 aromatic heterocycles. The SMILES string of the molecule is O=S1(=O)CCCN(Cc2ccc(Cl)nc2Cl)CC1. The van der Waals surface area contributed by atoms with Gasteiger partial charge in [0, 0.05) is 18.7 Å². The summed E-state index contributed by atoms with van der Waals surface area (Å²) >= 11 is 11.7. The van der Waals surface area contributed by atoms with Gasteiger partial charge in [-0.1, -0.05) is 29.3 Å². The summed E-state index contributed by atoms with van der Waals surface area (Å²) in [6, 6.07) is 3.52. The number of hydrogen-bond donors (Lipinski definition) is 0. The molecule has 0 aromatic carbocycles. The Kier molecular flexibility index (Phi) is 4.48. The van der Waals surface area contributed by atoms with Gasteiger partial charge in [0.2, 0.25) is 0 Å². The summed E-state index contributed by atoms with van der Waals surface area (Å²) in [6.07, 6.45) is 0.668. The van der Waals surface area contributed by atoms with Gasteiger partial charge in [-0.3, -0.25) is 4.90 Å². The van der Waals surface area contributed by atoms with Gasteiger partial charge in [0.25, 0.3) is 0 Å². The van der Waals surface area contributed by atoms with Gasteiger partial charge >= 0.3 is 0 Å². The van der Waals surface area contributed by atoms with Gasteiger partial charge in [-0.05, 0) is 19.0 Å². The van der Waals surface area contributed by atoms with Crippen molar-refractivity contribution in [2.75, 3.05) is 24.6 Å². The van der Waals surface area contributed by atoms with Crippen LogP contribution in [0.1, 0.15) is 12.0 Å². The second kappa shape index (κ2) is 5.74. The van der Waals surface area contributed by atoms with Crippen molar-refractivity contribution in [1.82, 2.24) is 9.88 Å². The van der Waals surface area contributed by atoms with Crippen LogP contribution in [0.3, 0.4) is 0 Å². The van der Waals surface area contributed by atoms with Gasteiger partial charge in [-0.2, -0.15) is 0 Å². The van der Waals surface area contributed by atoms with Gasteiger partial charge in [-0.25, -0.2) is 13.4 Å². The summed E-state index contributed by atoms with van der Waals surface area (Å²) in [5, 5.41) is 0.747. The zero-order valence-electron chi connectivity index (χ0n) is 9.77. The molecule has 1 aliphatic rings. The molecule has 7 heteroatoms. The Bertz CT molecular complexity index is 534.